The Bertz CT molecular complexity index is 257. The second-order valence-electron chi connectivity index (χ2n) is 4.36. The van der Waals surface area contributed by atoms with Gasteiger partial charge in [0.05, 0.1) is 6.07 Å². The zero-order valence-corrected chi connectivity index (χ0v) is 9.37. The normalized spacial score (nSPS) is 12.8. The smallest absolute Gasteiger partial charge is 0.220 e. The fraction of sp³-hybridized carbons (Fsp3) is 0.636. The molecule has 0 fully saturated rings. The number of amides is 1. The van der Waals surface area contributed by atoms with Crippen LogP contribution in [-0.2, 0) is 4.79 Å². The van der Waals surface area contributed by atoms with E-state index in [1.54, 1.807) is 6.08 Å². The number of nitrogens with zero attached hydrogens (tertiary/aromatic N) is 2. The fourth-order valence-corrected chi connectivity index (χ4v) is 1.29. The molecule has 0 aromatic rings. The van der Waals surface area contributed by atoms with E-state index in [4.69, 9.17) is 5.26 Å². The molecule has 0 aliphatic carbocycles. The summed E-state index contributed by atoms with van der Waals surface area (Å²) in [7, 11) is 0. The molecular formula is C11H18N2O. The first-order valence-electron chi connectivity index (χ1n) is 4.62. The van der Waals surface area contributed by atoms with E-state index in [9.17, 15) is 4.79 Å². The number of nitriles is 1. The molecule has 0 saturated heterocycles. The Morgan fingerprint density at radius 3 is 2.36 bits per heavy atom. The number of carbonyl (C=O) groups is 1. The lowest BCUT2D eigenvalue weighted by atomic mass is 9.86. The van der Waals surface area contributed by atoms with Crippen LogP contribution in [0.1, 0.15) is 27.7 Å². The topological polar surface area (TPSA) is 44.1 Å². The Morgan fingerprint density at radius 1 is 1.64 bits per heavy atom. The van der Waals surface area contributed by atoms with Gasteiger partial charge in [0.2, 0.25) is 5.91 Å². The highest BCUT2D eigenvalue weighted by molar-refractivity contribution is 5.74. The van der Waals surface area contributed by atoms with Gasteiger partial charge in [-0.15, -0.1) is 6.58 Å². The zero-order chi connectivity index (χ0) is 11.4. The highest BCUT2D eigenvalue weighted by atomic mass is 16.2. The van der Waals surface area contributed by atoms with Crippen molar-refractivity contribution in [1.29, 1.82) is 5.26 Å². The Kier molecular flexibility index (Phi) is 4.36. The lowest BCUT2D eigenvalue weighted by Gasteiger charge is -2.34. The molecular weight excluding hydrogens is 176 g/mol. The molecule has 0 aliphatic heterocycles. The molecule has 0 N–H and O–H groups in total. The molecule has 0 aliphatic rings. The van der Waals surface area contributed by atoms with E-state index in [0.29, 0.717) is 6.54 Å². The summed E-state index contributed by atoms with van der Waals surface area (Å²) in [5.74, 6) is -0.0913. The minimum absolute atomic E-state index is 0.0913. The van der Waals surface area contributed by atoms with Gasteiger partial charge in [0.15, 0.2) is 0 Å². The first-order chi connectivity index (χ1) is 6.34. The number of carbonyl (C=O) groups excluding carboxylic acids is 1. The van der Waals surface area contributed by atoms with Crippen molar-refractivity contribution in [3.05, 3.63) is 12.7 Å². The summed E-state index contributed by atoms with van der Waals surface area (Å²) in [6, 6.07) is 1.76. The fourth-order valence-electron chi connectivity index (χ4n) is 1.29. The van der Waals surface area contributed by atoms with Crippen molar-refractivity contribution in [1.82, 2.24) is 4.90 Å². The van der Waals surface area contributed by atoms with Crippen LogP contribution in [0.25, 0.3) is 0 Å². The van der Waals surface area contributed by atoms with E-state index < -0.39 is 6.04 Å². The summed E-state index contributed by atoms with van der Waals surface area (Å²) in [6.45, 7) is 11.3. The molecule has 0 radical (unpaired) electrons. The van der Waals surface area contributed by atoms with Crippen molar-refractivity contribution in [3.8, 4) is 6.07 Å². The highest BCUT2D eigenvalue weighted by Crippen LogP contribution is 2.23. The van der Waals surface area contributed by atoms with Gasteiger partial charge in [-0.05, 0) is 5.41 Å². The quantitative estimate of drug-likeness (QED) is 0.645. The van der Waals surface area contributed by atoms with E-state index in [1.165, 1.54) is 11.8 Å². The summed E-state index contributed by atoms with van der Waals surface area (Å²) >= 11 is 0. The molecule has 0 aromatic heterocycles. The third-order valence-corrected chi connectivity index (χ3v) is 1.98. The van der Waals surface area contributed by atoms with Crippen LogP contribution >= 0.6 is 0 Å². The first-order valence-corrected chi connectivity index (χ1v) is 4.62. The van der Waals surface area contributed by atoms with Crippen LogP contribution in [0.5, 0.6) is 0 Å². The molecule has 0 saturated carbocycles. The minimum atomic E-state index is -0.405. The average Bonchev–Trinajstić information content (AvgIpc) is 2.01. The van der Waals surface area contributed by atoms with Crippen LogP contribution in [0.2, 0.25) is 0 Å². The van der Waals surface area contributed by atoms with Crippen LogP contribution < -0.4 is 0 Å². The van der Waals surface area contributed by atoms with Gasteiger partial charge in [-0.2, -0.15) is 5.26 Å². The predicted molar refractivity (Wildman–Crippen MR) is 56.4 cm³/mol. The molecule has 3 nitrogen and oxygen atoms in total. The van der Waals surface area contributed by atoms with Gasteiger partial charge in [0.25, 0.3) is 0 Å². The summed E-state index contributed by atoms with van der Waals surface area (Å²) in [6.07, 6.45) is 1.64. The van der Waals surface area contributed by atoms with E-state index >= 15 is 0 Å². The van der Waals surface area contributed by atoms with Crippen molar-refractivity contribution in [2.45, 2.75) is 33.7 Å². The van der Waals surface area contributed by atoms with Gasteiger partial charge < -0.3 is 4.90 Å². The largest absolute Gasteiger partial charge is 0.323 e. The lowest BCUT2D eigenvalue weighted by Crippen LogP contribution is -2.45. The third kappa shape index (κ3) is 3.21. The van der Waals surface area contributed by atoms with Crippen LogP contribution in [-0.4, -0.2) is 23.4 Å². The molecule has 0 aromatic carbocycles. The van der Waals surface area contributed by atoms with Crippen molar-refractivity contribution in [2.24, 2.45) is 5.41 Å². The Hall–Kier alpha value is -1.30. The van der Waals surface area contributed by atoms with E-state index in [-0.39, 0.29) is 11.3 Å². The molecule has 3 heteroatoms. The summed E-state index contributed by atoms with van der Waals surface area (Å²) in [5.41, 5.74) is -0.233. The Balaban J connectivity index is 4.88. The Morgan fingerprint density at radius 2 is 2.14 bits per heavy atom. The predicted octanol–water partition coefficient (Wildman–Crippen LogP) is 1.96. The zero-order valence-electron chi connectivity index (χ0n) is 9.37. The maximum absolute atomic E-state index is 11.3. The standard InChI is InChI=1S/C11H18N2O/c1-6-7-13(9(2)14)10(8-12)11(3,4)5/h6,10H,1,7H2,2-5H3. The molecule has 0 bridgehead atoms. The van der Waals surface area contributed by atoms with Crippen molar-refractivity contribution >= 4 is 5.91 Å². The van der Waals surface area contributed by atoms with Gasteiger partial charge in [-0.3, -0.25) is 4.79 Å². The van der Waals surface area contributed by atoms with Gasteiger partial charge in [0, 0.05) is 13.5 Å². The van der Waals surface area contributed by atoms with Gasteiger partial charge in [-0.25, -0.2) is 0 Å². The minimum Gasteiger partial charge on any atom is -0.323 e. The maximum Gasteiger partial charge on any atom is 0.220 e. The average molecular weight is 194 g/mol. The summed E-state index contributed by atoms with van der Waals surface area (Å²) in [5, 5.41) is 9.03. The number of rotatable bonds is 3. The highest BCUT2D eigenvalue weighted by Gasteiger charge is 2.31. The molecule has 1 unspecified atom stereocenters. The number of hydrogen-bond donors (Lipinski definition) is 0. The molecule has 1 amide bonds. The number of hydrogen-bond acceptors (Lipinski definition) is 2. The summed E-state index contributed by atoms with van der Waals surface area (Å²) in [4.78, 5) is 12.8. The van der Waals surface area contributed by atoms with Crippen LogP contribution in [0.4, 0.5) is 0 Å². The van der Waals surface area contributed by atoms with E-state index in [1.807, 2.05) is 20.8 Å². The Labute approximate surface area is 86.0 Å². The van der Waals surface area contributed by atoms with Crippen LogP contribution in [0.3, 0.4) is 0 Å². The molecule has 0 spiro atoms. The van der Waals surface area contributed by atoms with Crippen LogP contribution in [0, 0.1) is 16.7 Å². The molecule has 0 heterocycles. The summed E-state index contributed by atoms with van der Waals surface area (Å²) < 4.78 is 0. The molecule has 14 heavy (non-hydrogen) atoms. The lowest BCUT2D eigenvalue weighted by molar-refractivity contribution is -0.131. The molecule has 78 valence electrons. The van der Waals surface area contributed by atoms with Crippen molar-refractivity contribution in [3.63, 3.8) is 0 Å². The maximum atomic E-state index is 11.3. The molecule has 1 atom stereocenters. The van der Waals surface area contributed by atoms with E-state index in [0.717, 1.165) is 0 Å². The van der Waals surface area contributed by atoms with Gasteiger partial charge in [0.1, 0.15) is 6.04 Å². The van der Waals surface area contributed by atoms with Crippen LogP contribution in [0.15, 0.2) is 12.7 Å². The van der Waals surface area contributed by atoms with Crippen molar-refractivity contribution < 1.29 is 4.79 Å². The van der Waals surface area contributed by atoms with E-state index in [2.05, 4.69) is 12.6 Å². The SMILES string of the molecule is C=CCN(C(C)=O)C(C#N)C(C)(C)C. The first kappa shape index (κ1) is 12.7. The second-order valence-corrected chi connectivity index (χ2v) is 4.36. The monoisotopic (exact) mass is 194 g/mol. The third-order valence-electron chi connectivity index (χ3n) is 1.98. The molecule has 0 rings (SSSR count). The second kappa shape index (κ2) is 4.80. The van der Waals surface area contributed by atoms with Gasteiger partial charge in [-0.1, -0.05) is 26.8 Å². The van der Waals surface area contributed by atoms with Gasteiger partial charge >= 0.3 is 0 Å². The van der Waals surface area contributed by atoms with Crippen molar-refractivity contribution in [2.75, 3.05) is 6.54 Å².